The zero-order valence-electron chi connectivity index (χ0n) is 15.3. The van der Waals surface area contributed by atoms with Crippen molar-refractivity contribution < 1.29 is 9.59 Å². The molecule has 0 radical (unpaired) electrons. The fraction of sp³-hybridized carbons (Fsp3) is 0.474. The van der Waals surface area contributed by atoms with Crippen LogP contribution in [-0.2, 0) is 4.79 Å². The number of hydrogen-bond donors (Lipinski definition) is 2. The fourth-order valence-electron chi connectivity index (χ4n) is 2.74. The lowest BCUT2D eigenvalue weighted by atomic mass is 10.0. The predicted molar refractivity (Wildman–Crippen MR) is 102 cm³/mol. The van der Waals surface area contributed by atoms with Crippen molar-refractivity contribution >= 4 is 28.3 Å². The third-order valence-electron chi connectivity index (χ3n) is 4.32. The first-order chi connectivity index (χ1) is 12.4. The highest BCUT2D eigenvalue weighted by Gasteiger charge is 2.29. The predicted octanol–water partition coefficient (Wildman–Crippen LogP) is 3.51. The van der Waals surface area contributed by atoms with Gasteiger partial charge in [0.1, 0.15) is 11.0 Å². The van der Waals surface area contributed by atoms with Crippen LogP contribution in [-0.4, -0.2) is 28.1 Å². The normalized spacial score (nSPS) is 14.9. The molecule has 1 aliphatic carbocycles. The van der Waals surface area contributed by atoms with E-state index in [1.165, 1.54) is 11.3 Å². The summed E-state index contributed by atoms with van der Waals surface area (Å²) in [4.78, 5) is 25.3. The molecule has 0 spiro atoms. The monoisotopic (exact) mass is 372 g/mol. The standard InChI is InChI=1S/C19H24N4O2S/c1-11(2)10-15(20-16(24)14-7-5-4-6-12(14)3)17(25)21-19-23-22-18(26-19)13-8-9-13/h4-7,11,13,15H,8-10H2,1-3H3,(H,20,24)(H,21,23,25). The number of nitrogens with one attached hydrogen (secondary N) is 2. The van der Waals surface area contributed by atoms with Gasteiger partial charge in [-0.2, -0.15) is 0 Å². The molecule has 6 nitrogen and oxygen atoms in total. The minimum absolute atomic E-state index is 0.236. The summed E-state index contributed by atoms with van der Waals surface area (Å²) in [5.41, 5.74) is 1.47. The molecular formula is C19H24N4O2S. The Balaban J connectivity index is 1.68. The molecule has 1 heterocycles. The van der Waals surface area contributed by atoms with Crippen LogP contribution in [0.15, 0.2) is 24.3 Å². The van der Waals surface area contributed by atoms with Crippen molar-refractivity contribution in [3.63, 3.8) is 0 Å². The summed E-state index contributed by atoms with van der Waals surface area (Å²) in [6, 6.07) is 6.74. The van der Waals surface area contributed by atoms with Gasteiger partial charge in [-0.3, -0.25) is 14.9 Å². The van der Waals surface area contributed by atoms with Crippen LogP contribution in [0.2, 0.25) is 0 Å². The van der Waals surface area contributed by atoms with E-state index in [0.717, 1.165) is 23.4 Å². The van der Waals surface area contributed by atoms with Gasteiger partial charge < -0.3 is 5.32 Å². The number of rotatable bonds is 7. The van der Waals surface area contributed by atoms with Crippen LogP contribution in [0.4, 0.5) is 5.13 Å². The van der Waals surface area contributed by atoms with Crippen LogP contribution in [0.3, 0.4) is 0 Å². The molecule has 2 aromatic rings. The molecule has 1 fully saturated rings. The van der Waals surface area contributed by atoms with E-state index in [4.69, 9.17) is 0 Å². The van der Waals surface area contributed by atoms with Gasteiger partial charge in [-0.25, -0.2) is 0 Å². The lowest BCUT2D eigenvalue weighted by Gasteiger charge is -2.20. The molecule has 1 unspecified atom stereocenters. The smallest absolute Gasteiger partial charge is 0.252 e. The number of aromatic nitrogens is 2. The second kappa shape index (κ2) is 7.95. The second-order valence-electron chi connectivity index (χ2n) is 7.18. The van der Waals surface area contributed by atoms with Crippen molar-refractivity contribution in [3.05, 3.63) is 40.4 Å². The molecule has 138 valence electrons. The Morgan fingerprint density at radius 1 is 1.23 bits per heavy atom. The van der Waals surface area contributed by atoms with Crippen LogP contribution >= 0.6 is 11.3 Å². The first-order valence-electron chi connectivity index (χ1n) is 8.94. The van der Waals surface area contributed by atoms with Crippen molar-refractivity contribution in [2.75, 3.05) is 5.32 Å². The second-order valence-corrected chi connectivity index (χ2v) is 8.19. The third-order valence-corrected chi connectivity index (χ3v) is 5.32. The molecule has 26 heavy (non-hydrogen) atoms. The number of carbonyl (C=O) groups is 2. The topological polar surface area (TPSA) is 84.0 Å². The average molecular weight is 372 g/mol. The Hall–Kier alpha value is -2.28. The Kier molecular flexibility index (Phi) is 5.66. The zero-order valence-corrected chi connectivity index (χ0v) is 16.1. The molecule has 0 aliphatic heterocycles. The number of amides is 2. The molecular weight excluding hydrogens is 348 g/mol. The Morgan fingerprint density at radius 2 is 1.96 bits per heavy atom. The maximum atomic E-state index is 12.7. The molecule has 7 heteroatoms. The number of benzene rings is 1. The van der Waals surface area contributed by atoms with Gasteiger partial charge in [0, 0.05) is 11.5 Å². The minimum Gasteiger partial charge on any atom is -0.340 e. The van der Waals surface area contributed by atoms with Crippen molar-refractivity contribution in [2.24, 2.45) is 5.92 Å². The van der Waals surface area contributed by atoms with Gasteiger partial charge in [-0.15, -0.1) is 10.2 Å². The highest BCUT2D eigenvalue weighted by atomic mass is 32.1. The summed E-state index contributed by atoms with van der Waals surface area (Å²) in [7, 11) is 0. The van der Waals surface area contributed by atoms with E-state index in [-0.39, 0.29) is 17.7 Å². The maximum Gasteiger partial charge on any atom is 0.252 e. The molecule has 0 saturated heterocycles. The number of anilines is 1. The molecule has 1 saturated carbocycles. The lowest BCUT2D eigenvalue weighted by Crippen LogP contribution is -2.44. The number of aryl methyl sites for hydroxylation is 1. The summed E-state index contributed by atoms with van der Waals surface area (Å²) in [6.07, 6.45) is 2.84. The van der Waals surface area contributed by atoms with Gasteiger partial charge in [0.2, 0.25) is 11.0 Å². The van der Waals surface area contributed by atoms with Crippen molar-refractivity contribution in [2.45, 2.75) is 52.0 Å². The summed E-state index contributed by atoms with van der Waals surface area (Å²) in [6.45, 7) is 5.93. The summed E-state index contributed by atoms with van der Waals surface area (Å²) >= 11 is 1.42. The molecule has 1 aromatic heterocycles. The highest BCUT2D eigenvalue weighted by Crippen LogP contribution is 2.42. The van der Waals surface area contributed by atoms with E-state index < -0.39 is 6.04 Å². The number of carbonyl (C=O) groups excluding carboxylic acids is 2. The zero-order chi connectivity index (χ0) is 18.7. The lowest BCUT2D eigenvalue weighted by molar-refractivity contribution is -0.118. The van der Waals surface area contributed by atoms with E-state index in [2.05, 4.69) is 20.8 Å². The molecule has 1 atom stereocenters. The minimum atomic E-state index is -0.615. The molecule has 3 rings (SSSR count). The van der Waals surface area contributed by atoms with Gasteiger partial charge in [-0.05, 0) is 43.7 Å². The van der Waals surface area contributed by atoms with Crippen LogP contribution in [0.1, 0.15) is 60.0 Å². The largest absolute Gasteiger partial charge is 0.340 e. The summed E-state index contributed by atoms with van der Waals surface area (Å²) in [5.74, 6) is 0.281. The molecule has 1 aromatic carbocycles. The van der Waals surface area contributed by atoms with Crippen LogP contribution in [0, 0.1) is 12.8 Å². The Labute approximate surface area is 157 Å². The van der Waals surface area contributed by atoms with Crippen molar-refractivity contribution in [1.82, 2.24) is 15.5 Å². The molecule has 0 bridgehead atoms. The molecule has 2 N–H and O–H groups in total. The van der Waals surface area contributed by atoms with E-state index in [0.29, 0.717) is 23.0 Å². The summed E-state index contributed by atoms with van der Waals surface area (Å²) < 4.78 is 0. The van der Waals surface area contributed by atoms with Crippen LogP contribution < -0.4 is 10.6 Å². The SMILES string of the molecule is Cc1ccccc1C(=O)NC(CC(C)C)C(=O)Nc1nnc(C2CC2)s1. The van der Waals surface area contributed by atoms with Gasteiger partial charge in [0.05, 0.1) is 0 Å². The fourth-order valence-corrected chi connectivity index (χ4v) is 3.65. The average Bonchev–Trinajstić information content (AvgIpc) is 3.34. The van der Waals surface area contributed by atoms with Crippen LogP contribution in [0.25, 0.3) is 0 Å². The van der Waals surface area contributed by atoms with Gasteiger partial charge in [-0.1, -0.05) is 43.4 Å². The van der Waals surface area contributed by atoms with Gasteiger partial charge >= 0.3 is 0 Å². The Bertz CT molecular complexity index is 798. The quantitative estimate of drug-likeness (QED) is 0.779. The number of hydrogen-bond acceptors (Lipinski definition) is 5. The van der Waals surface area contributed by atoms with Gasteiger partial charge in [0.15, 0.2) is 0 Å². The maximum absolute atomic E-state index is 12.7. The van der Waals surface area contributed by atoms with Crippen LogP contribution in [0.5, 0.6) is 0 Å². The van der Waals surface area contributed by atoms with Gasteiger partial charge in [0.25, 0.3) is 5.91 Å². The van der Waals surface area contributed by atoms with Crippen molar-refractivity contribution in [3.8, 4) is 0 Å². The molecule has 2 amide bonds. The van der Waals surface area contributed by atoms with E-state index in [1.807, 2.05) is 39.0 Å². The Morgan fingerprint density at radius 3 is 2.62 bits per heavy atom. The highest BCUT2D eigenvalue weighted by molar-refractivity contribution is 7.15. The van der Waals surface area contributed by atoms with E-state index >= 15 is 0 Å². The first kappa shape index (κ1) is 18.5. The van der Waals surface area contributed by atoms with Crippen molar-refractivity contribution in [1.29, 1.82) is 0 Å². The number of nitrogens with zero attached hydrogens (tertiary/aromatic N) is 2. The van der Waals surface area contributed by atoms with E-state index in [9.17, 15) is 9.59 Å². The summed E-state index contributed by atoms with van der Waals surface area (Å²) in [5, 5.41) is 15.4. The molecule has 1 aliphatic rings. The first-order valence-corrected chi connectivity index (χ1v) is 9.76. The third kappa shape index (κ3) is 4.66. The van der Waals surface area contributed by atoms with E-state index in [1.54, 1.807) is 6.07 Å².